The average molecular weight is 474 g/mol. The quantitative estimate of drug-likeness (QED) is 0.295. The van der Waals surface area contributed by atoms with Crippen molar-refractivity contribution in [2.75, 3.05) is 5.32 Å². The molecule has 0 aliphatic heterocycles. The standard InChI is InChI=1S/C28H25F2N3O2/c1-15-12-19(16(2)31-23-7-4-3-6-18(23)28(34)35)20-14-21(26(27(29)30)33-25(20)13-15)24-9-5-8-22(32-24)17-10-11-17/h3-9,12-14,16-17,27,31H,10-11H2,1-2H3,(H,34,35)/t16-/m1/s1. The highest BCUT2D eigenvalue weighted by molar-refractivity contribution is 5.94. The molecule has 7 heteroatoms. The molecule has 5 rings (SSSR count). The largest absolute Gasteiger partial charge is 0.478 e. The van der Waals surface area contributed by atoms with Crippen molar-refractivity contribution in [3.05, 3.63) is 88.7 Å². The number of carboxylic acids is 1. The summed E-state index contributed by atoms with van der Waals surface area (Å²) in [5, 5.41) is 13.6. The highest BCUT2D eigenvalue weighted by atomic mass is 19.3. The zero-order valence-corrected chi connectivity index (χ0v) is 19.4. The highest BCUT2D eigenvalue weighted by Gasteiger charge is 2.26. The normalized spacial score (nSPS) is 14.3. The summed E-state index contributed by atoms with van der Waals surface area (Å²) in [6.45, 7) is 3.80. The molecule has 0 bridgehead atoms. The minimum absolute atomic E-state index is 0.163. The summed E-state index contributed by atoms with van der Waals surface area (Å²) in [6, 6.07) is 17.5. The van der Waals surface area contributed by atoms with Gasteiger partial charge in [-0.25, -0.2) is 18.6 Å². The summed E-state index contributed by atoms with van der Waals surface area (Å²) in [7, 11) is 0. The summed E-state index contributed by atoms with van der Waals surface area (Å²) in [4.78, 5) is 20.7. The van der Waals surface area contributed by atoms with Crippen molar-refractivity contribution in [1.82, 2.24) is 9.97 Å². The summed E-state index contributed by atoms with van der Waals surface area (Å²) >= 11 is 0. The Bertz CT molecular complexity index is 1430. The predicted molar refractivity (Wildman–Crippen MR) is 132 cm³/mol. The zero-order valence-electron chi connectivity index (χ0n) is 19.4. The summed E-state index contributed by atoms with van der Waals surface area (Å²) in [6.07, 6.45) is -0.611. The van der Waals surface area contributed by atoms with Crippen molar-refractivity contribution in [1.29, 1.82) is 0 Å². The number of fused-ring (bicyclic) bond motifs is 1. The lowest BCUT2D eigenvalue weighted by molar-refractivity contribution is 0.0698. The number of halogens is 2. The van der Waals surface area contributed by atoms with Gasteiger partial charge in [-0.2, -0.15) is 0 Å². The van der Waals surface area contributed by atoms with Gasteiger partial charge in [0.1, 0.15) is 5.69 Å². The van der Waals surface area contributed by atoms with Crippen LogP contribution in [0.15, 0.2) is 60.7 Å². The first-order chi connectivity index (χ1) is 16.8. The summed E-state index contributed by atoms with van der Waals surface area (Å²) in [5.41, 5.74) is 4.28. The monoisotopic (exact) mass is 473 g/mol. The van der Waals surface area contributed by atoms with Crippen LogP contribution in [0.4, 0.5) is 14.5 Å². The van der Waals surface area contributed by atoms with Gasteiger partial charge in [0.25, 0.3) is 6.43 Å². The maximum atomic E-state index is 14.1. The molecule has 0 spiro atoms. The van der Waals surface area contributed by atoms with Crippen LogP contribution in [0.5, 0.6) is 0 Å². The van der Waals surface area contributed by atoms with Crippen LogP contribution in [-0.2, 0) is 0 Å². The Morgan fingerprint density at radius 1 is 1.06 bits per heavy atom. The van der Waals surface area contributed by atoms with E-state index in [4.69, 9.17) is 4.98 Å². The molecule has 35 heavy (non-hydrogen) atoms. The molecule has 2 aromatic heterocycles. The fourth-order valence-corrected chi connectivity index (χ4v) is 4.51. The smallest absolute Gasteiger partial charge is 0.337 e. The maximum absolute atomic E-state index is 14.1. The Hall–Kier alpha value is -3.87. The third kappa shape index (κ3) is 4.58. The van der Waals surface area contributed by atoms with Crippen molar-refractivity contribution in [2.45, 2.75) is 45.1 Å². The molecule has 1 saturated carbocycles. The summed E-state index contributed by atoms with van der Waals surface area (Å²) < 4.78 is 28.2. The molecule has 1 atom stereocenters. The molecule has 2 aromatic carbocycles. The molecule has 0 saturated heterocycles. The van der Waals surface area contributed by atoms with Gasteiger partial charge in [-0.1, -0.05) is 24.3 Å². The number of anilines is 1. The number of nitrogens with zero attached hydrogens (tertiary/aromatic N) is 2. The molecule has 4 aromatic rings. The number of carboxylic acid groups (broad SMARTS) is 1. The van der Waals surface area contributed by atoms with Crippen LogP contribution in [0.2, 0.25) is 0 Å². The number of aryl methyl sites for hydroxylation is 1. The third-order valence-electron chi connectivity index (χ3n) is 6.38. The van der Waals surface area contributed by atoms with Gasteiger partial charge in [-0.15, -0.1) is 0 Å². The van der Waals surface area contributed by atoms with Crippen LogP contribution in [0.3, 0.4) is 0 Å². The number of aromatic nitrogens is 2. The highest BCUT2D eigenvalue weighted by Crippen LogP contribution is 2.41. The maximum Gasteiger partial charge on any atom is 0.337 e. The molecule has 0 unspecified atom stereocenters. The van der Waals surface area contributed by atoms with Crippen molar-refractivity contribution in [2.24, 2.45) is 0 Å². The van der Waals surface area contributed by atoms with E-state index in [-0.39, 0.29) is 17.3 Å². The number of nitrogens with one attached hydrogen (secondary N) is 1. The first-order valence-electron chi connectivity index (χ1n) is 11.6. The SMILES string of the molecule is Cc1cc([C@@H](C)Nc2ccccc2C(=O)O)c2cc(-c3cccc(C4CC4)n3)c(C(F)F)nc2c1. The van der Waals surface area contributed by atoms with E-state index < -0.39 is 12.4 Å². The van der Waals surface area contributed by atoms with Crippen LogP contribution >= 0.6 is 0 Å². The van der Waals surface area contributed by atoms with Gasteiger partial charge in [0.05, 0.1) is 16.8 Å². The second kappa shape index (κ2) is 9.06. The van der Waals surface area contributed by atoms with Crippen LogP contribution in [0, 0.1) is 6.92 Å². The van der Waals surface area contributed by atoms with E-state index in [0.29, 0.717) is 28.4 Å². The number of alkyl halides is 2. The zero-order chi connectivity index (χ0) is 24.7. The topological polar surface area (TPSA) is 75.1 Å². The van der Waals surface area contributed by atoms with E-state index in [0.717, 1.165) is 35.0 Å². The van der Waals surface area contributed by atoms with Crippen LogP contribution in [0.25, 0.3) is 22.2 Å². The van der Waals surface area contributed by atoms with Crippen molar-refractivity contribution in [3.8, 4) is 11.3 Å². The van der Waals surface area contributed by atoms with Gasteiger partial charge in [0.15, 0.2) is 0 Å². The second-order valence-corrected chi connectivity index (χ2v) is 9.08. The Morgan fingerprint density at radius 2 is 1.83 bits per heavy atom. The summed E-state index contributed by atoms with van der Waals surface area (Å²) in [5.74, 6) is -0.628. The first kappa shape index (κ1) is 22.9. The fraction of sp³-hybridized carbons (Fsp3) is 0.250. The number of para-hydroxylation sites is 1. The molecule has 178 valence electrons. The lowest BCUT2D eigenvalue weighted by atomic mass is 9.96. The minimum atomic E-state index is -2.75. The van der Waals surface area contributed by atoms with Gasteiger partial charge in [-0.3, -0.25) is 4.98 Å². The Labute approximate surface area is 201 Å². The van der Waals surface area contributed by atoms with Gasteiger partial charge in [-0.05, 0) is 74.2 Å². The van der Waals surface area contributed by atoms with Gasteiger partial charge >= 0.3 is 5.97 Å². The molecule has 1 fully saturated rings. The second-order valence-electron chi connectivity index (χ2n) is 9.08. The lowest BCUT2D eigenvalue weighted by Crippen LogP contribution is -2.12. The van der Waals surface area contributed by atoms with Gasteiger partial charge in [0.2, 0.25) is 0 Å². The molecule has 1 aliphatic carbocycles. The van der Waals surface area contributed by atoms with Crippen LogP contribution in [-0.4, -0.2) is 21.0 Å². The number of benzene rings is 2. The van der Waals surface area contributed by atoms with Crippen LogP contribution in [0.1, 0.15) is 71.0 Å². The van der Waals surface area contributed by atoms with E-state index in [1.807, 2.05) is 32.0 Å². The Balaban J connectivity index is 1.64. The van der Waals surface area contributed by atoms with E-state index in [2.05, 4.69) is 10.3 Å². The fourth-order valence-electron chi connectivity index (χ4n) is 4.51. The number of hydrogen-bond acceptors (Lipinski definition) is 4. The van der Waals surface area contributed by atoms with Crippen LogP contribution < -0.4 is 5.32 Å². The number of carbonyl (C=O) groups is 1. The van der Waals surface area contributed by atoms with E-state index in [1.165, 1.54) is 0 Å². The van der Waals surface area contributed by atoms with Crippen molar-refractivity contribution in [3.63, 3.8) is 0 Å². The molecule has 5 nitrogen and oxygen atoms in total. The van der Waals surface area contributed by atoms with Crippen molar-refractivity contribution < 1.29 is 18.7 Å². The molecule has 2 N–H and O–H groups in total. The molecule has 2 heterocycles. The van der Waals surface area contributed by atoms with E-state index in [1.54, 1.807) is 42.5 Å². The lowest BCUT2D eigenvalue weighted by Gasteiger charge is -2.21. The third-order valence-corrected chi connectivity index (χ3v) is 6.38. The van der Waals surface area contributed by atoms with Gasteiger partial charge < -0.3 is 10.4 Å². The Morgan fingerprint density at radius 3 is 2.54 bits per heavy atom. The Kier molecular flexibility index (Phi) is 5.93. The first-order valence-corrected chi connectivity index (χ1v) is 11.6. The van der Waals surface area contributed by atoms with E-state index >= 15 is 0 Å². The number of aromatic carboxylic acids is 1. The predicted octanol–water partition coefficient (Wildman–Crippen LogP) is 7.29. The number of hydrogen-bond donors (Lipinski definition) is 2. The molecular formula is C28H25F2N3O2. The minimum Gasteiger partial charge on any atom is -0.478 e. The van der Waals surface area contributed by atoms with Crippen molar-refractivity contribution >= 4 is 22.6 Å². The van der Waals surface area contributed by atoms with Gasteiger partial charge in [0, 0.05) is 34.3 Å². The number of pyridine rings is 2. The average Bonchev–Trinajstić information content (AvgIpc) is 3.68. The number of rotatable bonds is 7. The molecular weight excluding hydrogens is 448 g/mol. The molecule has 1 aliphatic rings. The molecule has 0 amide bonds. The molecule has 0 radical (unpaired) electrons. The van der Waals surface area contributed by atoms with E-state index in [9.17, 15) is 18.7 Å².